The van der Waals surface area contributed by atoms with E-state index in [1.165, 1.54) is 43.3 Å². The molecule has 2 aromatic rings. The van der Waals surface area contributed by atoms with E-state index in [0.717, 1.165) is 4.90 Å². The molecule has 0 aromatic heterocycles. The molecule has 10 nitrogen and oxygen atoms in total. The SMILES string of the molecule is COc1ccc(C2(C)NC(=O)N(CC(=O)N(C)c3ccc([N+](=O)[O-])cc3)C2=O)cc1. The van der Waals surface area contributed by atoms with E-state index in [1.807, 2.05) is 0 Å². The number of nitrogens with one attached hydrogen (secondary N) is 1. The molecular weight excluding hydrogens is 392 g/mol. The third kappa shape index (κ3) is 3.66. The van der Waals surface area contributed by atoms with Crippen LogP contribution in [0.5, 0.6) is 5.75 Å². The molecule has 1 aliphatic rings. The summed E-state index contributed by atoms with van der Waals surface area (Å²) < 4.78 is 5.11. The Morgan fingerprint density at radius 2 is 1.77 bits per heavy atom. The Balaban J connectivity index is 1.75. The van der Waals surface area contributed by atoms with Crippen molar-refractivity contribution in [3.63, 3.8) is 0 Å². The van der Waals surface area contributed by atoms with Gasteiger partial charge in [-0.05, 0) is 36.8 Å². The van der Waals surface area contributed by atoms with Crippen LogP contribution in [0.4, 0.5) is 16.2 Å². The lowest BCUT2D eigenvalue weighted by Gasteiger charge is -2.23. The molecule has 1 saturated heterocycles. The molecule has 2 aromatic carbocycles. The molecule has 1 heterocycles. The van der Waals surface area contributed by atoms with E-state index < -0.39 is 34.9 Å². The number of ether oxygens (including phenoxy) is 1. The summed E-state index contributed by atoms with van der Waals surface area (Å²) in [7, 11) is 2.98. The summed E-state index contributed by atoms with van der Waals surface area (Å²) in [5, 5.41) is 13.4. The number of anilines is 1. The molecule has 0 saturated carbocycles. The number of carbonyl (C=O) groups is 3. The van der Waals surface area contributed by atoms with Gasteiger partial charge in [-0.25, -0.2) is 4.79 Å². The summed E-state index contributed by atoms with van der Waals surface area (Å²) in [6.45, 7) is 1.10. The molecule has 1 aliphatic heterocycles. The minimum atomic E-state index is -1.31. The van der Waals surface area contributed by atoms with Crippen LogP contribution in [0, 0.1) is 10.1 Å². The van der Waals surface area contributed by atoms with Crippen LogP contribution >= 0.6 is 0 Å². The number of benzene rings is 2. The van der Waals surface area contributed by atoms with E-state index in [-0.39, 0.29) is 5.69 Å². The van der Waals surface area contributed by atoms with Crippen molar-refractivity contribution in [2.24, 2.45) is 0 Å². The maximum absolute atomic E-state index is 13.0. The zero-order valence-electron chi connectivity index (χ0n) is 16.6. The standard InChI is InChI=1S/C20H20N4O6/c1-20(13-4-10-16(30-3)11-5-13)18(26)23(19(27)21-20)12-17(25)22(2)14-6-8-15(9-7-14)24(28)29/h4-11H,12H2,1-3H3,(H,21,27). The van der Waals surface area contributed by atoms with Gasteiger partial charge in [0.2, 0.25) is 5.91 Å². The Labute approximate surface area is 172 Å². The normalized spacial score (nSPS) is 18.2. The molecule has 156 valence electrons. The molecule has 4 amide bonds. The van der Waals surface area contributed by atoms with E-state index in [1.54, 1.807) is 31.2 Å². The third-order valence-corrected chi connectivity index (χ3v) is 5.06. The average molecular weight is 412 g/mol. The van der Waals surface area contributed by atoms with Crippen molar-refractivity contribution in [1.29, 1.82) is 0 Å². The summed E-state index contributed by atoms with van der Waals surface area (Å²) >= 11 is 0. The van der Waals surface area contributed by atoms with Crippen molar-refractivity contribution in [1.82, 2.24) is 10.2 Å². The lowest BCUT2D eigenvalue weighted by Crippen LogP contribution is -2.43. The van der Waals surface area contributed by atoms with Gasteiger partial charge in [-0.2, -0.15) is 0 Å². The van der Waals surface area contributed by atoms with Gasteiger partial charge >= 0.3 is 6.03 Å². The van der Waals surface area contributed by atoms with E-state index >= 15 is 0 Å². The second-order valence-electron chi connectivity index (χ2n) is 6.90. The number of rotatable bonds is 6. The van der Waals surface area contributed by atoms with Crippen LogP contribution in [0.15, 0.2) is 48.5 Å². The Morgan fingerprint density at radius 3 is 2.30 bits per heavy atom. The number of hydrogen-bond donors (Lipinski definition) is 1. The largest absolute Gasteiger partial charge is 0.497 e. The van der Waals surface area contributed by atoms with Crippen LogP contribution in [-0.4, -0.2) is 48.4 Å². The highest BCUT2D eigenvalue weighted by atomic mass is 16.6. The summed E-state index contributed by atoms with van der Waals surface area (Å²) in [6.07, 6.45) is 0. The van der Waals surface area contributed by atoms with Gasteiger partial charge in [0.05, 0.1) is 12.0 Å². The van der Waals surface area contributed by atoms with Gasteiger partial charge in [0, 0.05) is 24.9 Å². The highest BCUT2D eigenvalue weighted by Crippen LogP contribution is 2.30. The van der Waals surface area contributed by atoms with Crippen LogP contribution in [0.1, 0.15) is 12.5 Å². The Kier molecular flexibility index (Phi) is 5.41. The molecule has 1 atom stereocenters. The van der Waals surface area contributed by atoms with Gasteiger partial charge in [0.1, 0.15) is 17.8 Å². The van der Waals surface area contributed by atoms with Crippen molar-refractivity contribution in [2.75, 3.05) is 25.6 Å². The first-order chi connectivity index (χ1) is 14.2. The summed E-state index contributed by atoms with van der Waals surface area (Å²) in [6, 6.07) is 11.4. The van der Waals surface area contributed by atoms with E-state index in [4.69, 9.17) is 4.74 Å². The topological polar surface area (TPSA) is 122 Å². The van der Waals surface area contributed by atoms with Crippen molar-refractivity contribution < 1.29 is 24.0 Å². The zero-order valence-corrected chi connectivity index (χ0v) is 16.6. The molecule has 1 fully saturated rings. The monoisotopic (exact) mass is 412 g/mol. The fourth-order valence-electron chi connectivity index (χ4n) is 3.14. The molecule has 10 heteroatoms. The van der Waals surface area contributed by atoms with Gasteiger partial charge in [-0.3, -0.25) is 24.6 Å². The lowest BCUT2D eigenvalue weighted by atomic mass is 9.92. The van der Waals surface area contributed by atoms with Crippen LogP contribution in [0.3, 0.4) is 0 Å². The molecular formula is C20H20N4O6. The van der Waals surface area contributed by atoms with Crippen LogP contribution in [-0.2, 0) is 15.1 Å². The van der Waals surface area contributed by atoms with Gasteiger partial charge in [0.15, 0.2) is 0 Å². The Morgan fingerprint density at radius 1 is 1.17 bits per heavy atom. The first-order valence-corrected chi connectivity index (χ1v) is 8.97. The molecule has 0 aliphatic carbocycles. The number of nitro groups is 1. The smallest absolute Gasteiger partial charge is 0.325 e. The van der Waals surface area contributed by atoms with Crippen LogP contribution < -0.4 is 15.0 Å². The molecule has 0 spiro atoms. The van der Waals surface area contributed by atoms with Gasteiger partial charge in [-0.1, -0.05) is 12.1 Å². The minimum Gasteiger partial charge on any atom is -0.497 e. The van der Waals surface area contributed by atoms with Gasteiger partial charge < -0.3 is 15.0 Å². The van der Waals surface area contributed by atoms with E-state index in [9.17, 15) is 24.5 Å². The number of amides is 4. The Hall–Kier alpha value is -3.95. The van der Waals surface area contributed by atoms with Crippen molar-refractivity contribution in [3.8, 4) is 5.75 Å². The number of imide groups is 1. The number of hydrogen-bond acceptors (Lipinski definition) is 6. The lowest BCUT2D eigenvalue weighted by molar-refractivity contribution is -0.384. The number of urea groups is 1. The number of non-ortho nitro benzene ring substituents is 1. The number of methoxy groups -OCH3 is 1. The number of nitrogens with zero attached hydrogens (tertiary/aromatic N) is 3. The van der Waals surface area contributed by atoms with Crippen molar-refractivity contribution >= 4 is 29.2 Å². The molecule has 30 heavy (non-hydrogen) atoms. The highest BCUT2D eigenvalue weighted by Gasteiger charge is 2.49. The minimum absolute atomic E-state index is 0.107. The second-order valence-corrected chi connectivity index (χ2v) is 6.90. The molecule has 1 N–H and O–H groups in total. The fraction of sp³-hybridized carbons (Fsp3) is 0.250. The van der Waals surface area contributed by atoms with E-state index in [0.29, 0.717) is 17.0 Å². The predicted molar refractivity (Wildman–Crippen MR) is 107 cm³/mol. The Bertz CT molecular complexity index is 1000. The summed E-state index contributed by atoms with van der Waals surface area (Å²) in [5.41, 5.74) is -0.463. The molecule has 1 unspecified atom stereocenters. The first-order valence-electron chi connectivity index (χ1n) is 8.97. The quantitative estimate of drug-likeness (QED) is 0.440. The van der Waals surface area contributed by atoms with Crippen molar-refractivity contribution in [2.45, 2.75) is 12.5 Å². The van der Waals surface area contributed by atoms with Crippen LogP contribution in [0.25, 0.3) is 0 Å². The predicted octanol–water partition coefficient (Wildman–Crippen LogP) is 2.03. The maximum atomic E-state index is 13.0. The van der Waals surface area contributed by atoms with Crippen LogP contribution in [0.2, 0.25) is 0 Å². The molecule has 0 bridgehead atoms. The molecule has 3 rings (SSSR count). The molecule has 0 radical (unpaired) electrons. The van der Waals surface area contributed by atoms with Gasteiger partial charge in [-0.15, -0.1) is 0 Å². The van der Waals surface area contributed by atoms with E-state index in [2.05, 4.69) is 5.32 Å². The fourth-order valence-corrected chi connectivity index (χ4v) is 3.14. The third-order valence-electron chi connectivity index (χ3n) is 5.06. The first kappa shape index (κ1) is 20.8. The second kappa shape index (κ2) is 7.82. The number of nitro benzene ring substituents is 1. The summed E-state index contributed by atoms with van der Waals surface area (Å²) in [5.74, 6) is -0.467. The number of carbonyl (C=O) groups excluding carboxylic acids is 3. The average Bonchev–Trinajstić information content (AvgIpc) is 2.97. The van der Waals surface area contributed by atoms with Gasteiger partial charge in [0.25, 0.3) is 11.6 Å². The summed E-state index contributed by atoms with van der Waals surface area (Å²) in [4.78, 5) is 50.4. The highest BCUT2D eigenvalue weighted by molar-refractivity contribution is 6.10. The zero-order chi connectivity index (χ0) is 22.1. The van der Waals surface area contributed by atoms with Crippen molar-refractivity contribution in [3.05, 3.63) is 64.2 Å². The number of likely N-dealkylation sites (N-methyl/N-ethyl adjacent to an activating group) is 1. The maximum Gasteiger partial charge on any atom is 0.325 e.